The van der Waals surface area contributed by atoms with Gasteiger partial charge in [0.1, 0.15) is 0 Å². The van der Waals surface area contributed by atoms with Crippen molar-refractivity contribution in [2.75, 3.05) is 5.32 Å². The Kier molecular flexibility index (Phi) is 3.50. The summed E-state index contributed by atoms with van der Waals surface area (Å²) >= 11 is 0.940. The van der Waals surface area contributed by atoms with Crippen LogP contribution < -0.4 is 10.1 Å². The van der Waals surface area contributed by atoms with Gasteiger partial charge in [0.05, 0.1) is 10.9 Å². The van der Waals surface area contributed by atoms with Crippen LogP contribution in [0.25, 0.3) is 10.9 Å². The van der Waals surface area contributed by atoms with Crippen LogP contribution in [-0.2, 0) is 0 Å². The molecule has 4 nitrogen and oxygen atoms in total. The molecule has 104 valence electrons. The van der Waals surface area contributed by atoms with Crippen LogP contribution in [0.3, 0.4) is 0 Å². The maximum atomic E-state index is 12.1. The van der Waals surface area contributed by atoms with Gasteiger partial charge in [0.25, 0.3) is 5.91 Å². The minimum Gasteiger partial charge on any atom is -0.298 e. The molecule has 1 amide bonds. The van der Waals surface area contributed by atoms with Crippen LogP contribution in [-0.4, -0.2) is 10.9 Å². The fourth-order valence-electron chi connectivity index (χ4n) is 2.00. The van der Waals surface area contributed by atoms with Crippen molar-refractivity contribution in [2.24, 2.45) is 0 Å². The normalized spacial score (nSPS) is 10.5. The van der Waals surface area contributed by atoms with Crippen molar-refractivity contribution >= 4 is 33.3 Å². The molecule has 0 radical (unpaired) electrons. The van der Waals surface area contributed by atoms with Gasteiger partial charge in [0, 0.05) is 5.56 Å². The molecular formula is C16H12N2O2S. The molecule has 0 saturated heterocycles. The molecule has 0 spiro atoms. The third-order valence-electron chi connectivity index (χ3n) is 3.04. The molecule has 1 heterocycles. The quantitative estimate of drug-likeness (QED) is 0.790. The Morgan fingerprint density at radius 2 is 1.90 bits per heavy atom. The molecule has 1 N–H and O–H groups in total. The van der Waals surface area contributed by atoms with Gasteiger partial charge in [0.15, 0.2) is 5.13 Å². The SMILES string of the molecule is Cc1ccc2nc(NC(=O)c3ccccc3)sc(=O)c2c1. The second-order valence-corrected chi connectivity index (χ2v) is 5.61. The number of nitrogens with one attached hydrogen (secondary N) is 1. The highest BCUT2D eigenvalue weighted by atomic mass is 32.1. The Balaban J connectivity index is 1.97. The fraction of sp³-hybridized carbons (Fsp3) is 0.0625. The van der Waals surface area contributed by atoms with Gasteiger partial charge in [-0.25, -0.2) is 4.98 Å². The first-order chi connectivity index (χ1) is 10.1. The van der Waals surface area contributed by atoms with Crippen molar-refractivity contribution in [2.45, 2.75) is 6.92 Å². The lowest BCUT2D eigenvalue weighted by atomic mass is 10.2. The van der Waals surface area contributed by atoms with Crippen molar-refractivity contribution in [1.29, 1.82) is 0 Å². The molecule has 0 aliphatic carbocycles. The predicted molar refractivity (Wildman–Crippen MR) is 85.0 cm³/mol. The van der Waals surface area contributed by atoms with E-state index in [1.807, 2.05) is 25.1 Å². The van der Waals surface area contributed by atoms with Crippen LogP contribution in [0.2, 0.25) is 0 Å². The number of carbonyl (C=O) groups excluding carboxylic acids is 1. The predicted octanol–water partition coefficient (Wildman–Crippen LogP) is 3.22. The lowest BCUT2D eigenvalue weighted by molar-refractivity contribution is 0.102. The van der Waals surface area contributed by atoms with Gasteiger partial charge >= 0.3 is 0 Å². The summed E-state index contributed by atoms with van der Waals surface area (Å²) in [6.07, 6.45) is 0. The number of aryl methyl sites for hydroxylation is 1. The summed E-state index contributed by atoms with van der Waals surface area (Å²) in [6.45, 7) is 1.93. The maximum absolute atomic E-state index is 12.1. The average Bonchev–Trinajstić information content (AvgIpc) is 2.49. The summed E-state index contributed by atoms with van der Waals surface area (Å²) in [4.78, 5) is 28.5. The van der Waals surface area contributed by atoms with E-state index >= 15 is 0 Å². The molecule has 0 aliphatic heterocycles. The molecule has 3 aromatic rings. The molecule has 21 heavy (non-hydrogen) atoms. The Hall–Kier alpha value is -2.53. The van der Waals surface area contributed by atoms with Crippen LogP contribution in [0.1, 0.15) is 15.9 Å². The van der Waals surface area contributed by atoms with Crippen LogP contribution in [0, 0.1) is 6.92 Å². The van der Waals surface area contributed by atoms with Crippen LogP contribution >= 0.6 is 11.3 Å². The van der Waals surface area contributed by atoms with E-state index < -0.39 is 0 Å². The van der Waals surface area contributed by atoms with Gasteiger partial charge in [0.2, 0.25) is 4.74 Å². The highest BCUT2D eigenvalue weighted by molar-refractivity contribution is 7.13. The fourth-order valence-corrected chi connectivity index (χ4v) is 2.73. The number of nitrogens with zero attached hydrogens (tertiary/aromatic N) is 1. The van der Waals surface area contributed by atoms with Gasteiger partial charge in [-0.05, 0) is 31.2 Å². The summed E-state index contributed by atoms with van der Waals surface area (Å²) in [7, 11) is 0. The van der Waals surface area contributed by atoms with E-state index in [9.17, 15) is 9.59 Å². The Morgan fingerprint density at radius 3 is 2.67 bits per heavy atom. The third-order valence-corrected chi connectivity index (χ3v) is 3.83. The zero-order chi connectivity index (χ0) is 14.8. The first-order valence-corrected chi connectivity index (χ1v) is 7.23. The monoisotopic (exact) mass is 296 g/mol. The van der Waals surface area contributed by atoms with Crippen molar-refractivity contribution in [3.8, 4) is 0 Å². The van der Waals surface area contributed by atoms with Crippen molar-refractivity contribution in [3.05, 3.63) is 69.2 Å². The topological polar surface area (TPSA) is 59.1 Å². The van der Waals surface area contributed by atoms with Gasteiger partial charge in [-0.2, -0.15) is 0 Å². The van der Waals surface area contributed by atoms with Crippen molar-refractivity contribution < 1.29 is 4.79 Å². The van der Waals surface area contributed by atoms with E-state index in [0.717, 1.165) is 16.9 Å². The summed E-state index contributed by atoms with van der Waals surface area (Å²) in [5.41, 5.74) is 2.13. The zero-order valence-corrected chi connectivity index (χ0v) is 12.1. The number of anilines is 1. The number of benzene rings is 2. The van der Waals surface area contributed by atoms with Gasteiger partial charge in [-0.3, -0.25) is 14.9 Å². The minimum atomic E-state index is -0.273. The number of hydrogen-bond acceptors (Lipinski definition) is 4. The lowest BCUT2D eigenvalue weighted by Gasteiger charge is -2.04. The van der Waals surface area contributed by atoms with Gasteiger partial charge in [-0.1, -0.05) is 41.2 Å². The summed E-state index contributed by atoms with van der Waals surface area (Å²) < 4.78 is -0.105. The van der Waals surface area contributed by atoms with E-state index in [1.165, 1.54) is 0 Å². The van der Waals surface area contributed by atoms with E-state index in [1.54, 1.807) is 30.3 Å². The molecule has 0 fully saturated rings. The molecule has 5 heteroatoms. The molecule has 0 saturated carbocycles. The molecule has 2 aromatic carbocycles. The largest absolute Gasteiger partial charge is 0.298 e. The van der Waals surface area contributed by atoms with Crippen molar-refractivity contribution in [3.63, 3.8) is 0 Å². The third kappa shape index (κ3) is 2.83. The van der Waals surface area contributed by atoms with E-state index in [4.69, 9.17) is 0 Å². The van der Waals surface area contributed by atoms with Gasteiger partial charge < -0.3 is 0 Å². The summed E-state index contributed by atoms with van der Waals surface area (Å²) in [5.74, 6) is -0.273. The molecule has 0 aliphatic rings. The number of rotatable bonds is 2. The first-order valence-electron chi connectivity index (χ1n) is 6.41. The van der Waals surface area contributed by atoms with Gasteiger partial charge in [-0.15, -0.1) is 0 Å². The minimum absolute atomic E-state index is 0.105. The highest BCUT2D eigenvalue weighted by Crippen LogP contribution is 2.17. The lowest BCUT2D eigenvalue weighted by Crippen LogP contribution is -2.13. The number of aromatic nitrogens is 1. The van der Waals surface area contributed by atoms with E-state index in [-0.39, 0.29) is 10.6 Å². The Bertz CT molecular complexity index is 872. The number of carbonyl (C=O) groups is 1. The molecule has 1 aromatic heterocycles. The van der Waals surface area contributed by atoms with Crippen LogP contribution in [0.4, 0.5) is 5.13 Å². The molecule has 0 unspecified atom stereocenters. The van der Waals surface area contributed by atoms with E-state index in [2.05, 4.69) is 10.3 Å². The highest BCUT2D eigenvalue weighted by Gasteiger charge is 2.09. The first kappa shape index (κ1) is 13.5. The van der Waals surface area contributed by atoms with Crippen molar-refractivity contribution in [1.82, 2.24) is 4.98 Å². The number of amides is 1. The van der Waals surface area contributed by atoms with E-state index in [0.29, 0.717) is 21.6 Å². The second-order valence-electron chi connectivity index (χ2n) is 4.65. The number of hydrogen-bond donors (Lipinski definition) is 1. The maximum Gasteiger partial charge on any atom is 0.257 e. The standard InChI is InChI=1S/C16H12N2O2S/c1-10-7-8-13-12(9-10)15(20)21-16(17-13)18-14(19)11-5-3-2-4-6-11/h2-9H,1H3,(H,17,18,19). The number of fused-ring (bicyclic) bond motifs is 1. The Labute approximate surface area is 125 Å². The molecule has 0 bridgehead atoms. The molecular weight excluding hydrogens is 284 g/mol. The van der Waals surface area contributed by atoms with Crippen LogP contribution in [0.5, 0.6) is 0 Å². The Morgan fingerprint density at radius 1 is 1.14 bits per heavy atom. The molecule has 0 atom stereocenters. The smallest absolute Gasteiger partial charge is 0.257 e. The summed E-state index contributed by atoms with van der Waals surface area (Å²) in [6, 6.07) is 14.3. The molecule has 3 rings (SSSR count). The van der Waals surface area contributed by atoms with Crippen LogP contribution in [0.15, 0.2) is 53.3 Å². The average molecular weight is 296 g/mol. The second kappa shape index (κ2) is 5.46. The summed E-state index contributed by atoms with van der Waals surface area (Å²) in [5, 5.41) is 3.57. The zero-order valence-electron chi connectivity index (χ0n) is 11.3.